The van der Waals surface area contributed by atoms with Crippen molar-refractivity contribution in [2.24, 2.45) is 0 Å². The Morgan fingerprint density at radius 2 is 1.48 bits per heavy atom. The summed E-state index contributed by atoms with van der Waals surface area (Å²) in [5.74, 6) is 0.699. The predicted molar refractivity (Wildman–Crippen MR) is 81.5 cm³/mol. The van der Waals surface area contributed by atoms with Gasteiger partial charge in [0.15, 0.2) is 0 Å². The number of rotatable bonds is 3. The fourth-order valence-corrected chi connectivity index (χ4v) is 3.27. The van der Waals surface area contributed by atoms with Crippen LogP contribution in [0.4, 0.5) is 0 Å². The van der Waals surface area contributed by atoms with Gasteiger partial charge in [-0.05, 0) is 42.3 Å². The zero-order valence-electron chi connectivity index (χ0n) is 12.3. The second-order valence-electron chi connectivity index (χ2n) is 5.88. The summed E-state index contributed by atoms with van der Waals surface area (Å²) in [5, 5.41) is 18.9. The summed E-state index contributed by atoms with van der Waals surface area (Å²) in [6, 6.07) is 14.6. The second-order valence-corrected chi connectivity index (χ2v) is 5.88. The van der Waals surface area contributed by atoms with Crippen LogP contribution in [0.15, 0.2) is 48.5 Å². The van der Waals surface area contributed by atoms with Gasteiger partial charge in [-0.2, -0.15) is 0 Å². The first-order valence-electron chi connectivity index (χ1n) is 7.27. The van der Waals surface area contributed by atoms with Crippen LogP contribution < -0.4 is 0 Å². The molecule has 1 aliphatic rings. The molecule has 0 bridgehead atoms. The van der Waals surface area contributed by atoms with Crippen LogP contribution in [0.3, 0.4) is 0 Å². The van der Waals surface area contributed by atoms with Crippen LogP contribution in [-0.2, 0) is 10.3 Å². The number of phenols is 2. The highest BCUT2D eigenvalue weighted by Gasteiger charge is 2.49. The summed E-state index contributed by atoms with van der Waals surface area (Å²) in [4.78, 5) is 0. The van der Waals surface area contributed by atoms with Crippen molar-refractivity contribution in [2.45, 2.75) is 37.9 Å². The van der Waals surface area contributed by atoms with Gasteiger partial charge in [-0.15, -0.1) is 0 Å². The Kier molecular flexibility index (Phi) is 3.38. The number of hydrogen-bond donors (Lipinski definition) is 2. The topological polar surface area (TPSA) is 49.7 Å². The van der Waals surface area contributed by atoms with E-state index >= 15 is 0 Å². The van der Waals surface area contributed by atoms with Crippen molar-refractivity contribution < 1.29 is 14.9 Å². The highest BCUT2D eigenvalue weighted by atomic mass is 16.5. The van der Waals surface area contributed by atoms with E-state index in [1.165, 1.54) is 0 Å². The molecule has 0 spiro atoms. The zero-order valence-corrected chi connectivity index (χ0v) is 12.3. The van der Waals surface area contributed by atoms with Gasteiger partial charge in [-0.25, -0.2) is 0 Å². The Balaban J connectivity index is 1.97. The number of benzene rings is 2. The van der Waals surface area contributed by atoms with Crippen molar-refractivity contribution in [2.75, 3.05) is 0 Å². The van der Waals surface area contributed by atoms with Crippen LogP contribution in [0.1, 0.15) is 37.3 Å². The summed E-state index contributed by atoms with van der Waals surface area (Å²) in [7, 11) is 0. The first kappa shape index (κ1) is 14.0. The van der Waals surface area contributed by atoms with E-state index in [0.29, 0.717) is 0 Å². The van der Waals surface area contributed by atoms with E-state index < -0.39 is 0 Å². The molecule has 1 aliphatic heterocycles. The van der Waals surface area contributed by atoms with Gasteiger partial charge in [-0.1, -0.05) is 31.2 Å². The lowest BCUT2D eigenvalue weighted by Gasteiger charge is -2.51. The summed E-state index contributed by atoms with van der Waals surface area (Å²) >= 11 is 0. The van der Waals surface area contributed by atoms with Crippen molar-refractivity contribution >= 4 is 0 Å². The van der Waals surface area contributed by atoms with Gasteiger partial charge >= 0.3 is 0 Å². The standard InChI is InChI=1S/C18H20O3/c1-12-11-18(21-12,15-5-9-17(20)10-6-15)13(2)14-3-7-16(19)8-4-14/h3-10,12-13,19-20H,11H2,1-2H3. The van der Waals surface area contributed by atoms with Crippen LogP contribution in [-0.4, -0.2) is 16.3 Å². The lowest BCUT2D eigenvalue weighted by molar-refractivity contribution is -0.217. The molecule has 3 nitrogen and oxygen atoms in total. The summed E-state index contributed by atoms with van der Waals surface area (Å²) in [6.07, 6.45) is 1.18. The molecule has 0 saturated carbocycles. The average molecular weight is 284 g/mol. The molecule has 0 radical (unpaired) electrons. The van der Waals surface area contributed by atoms with E-state index in [2.05, 4.69) is 13.8 Å². The first-order chi connectivity index (χ1) is 10.0. The summed E-state index contributed by atoms with van der Waals surface area (Å²) in [6.45, 7) is 4.22. The molecular formula is C18H20O3. The smallest absolute Gasteiger partial charge is 0.115 e. The minimum atomic E-state index is -0.357. The third-order valence-corrected chi connectivity index (χ3v) is 4.45. The van der Waals surface area contributed by atoms with E-state index in [0.717, 1.165) is 17.5 Å². The molecule has 110 valence electrons. The fraction of sp³-hybridized carbons (Fsp3) is 0.333. The van der Waals surface area contributed by atoms with Crippen LogP contribution in [0.5, 0.6) is 11.5 Å². The predicted octanol–water partition coefficient (Wildman–Crippen LogP) is 3.91. The Labute approximate surface area is 124 Å². The maximum atomic E-state index is 9.48. The van der Waals surface area contributed by atoms with Crippen molar-refractivity contribution in [3.8, 4) is 11.5 Å². The molecular weight excluding hydrogens is 264 g/mol. The van der Waals surface area contributed by atoms with E-state index in [1.54, 1.807) is 24.3 Å². The molecule has 2 aromatic rings. The molecule has 0 aliphatic carbocycles. The van der Waals surface area contributed by atoms with E-state index in [-0.39, 0.29) is 29.1 Å². The molecule has 1 saturated heterocycles. The SMILES string of the molecule is CC1CC(c2ccc(O)cc2)(C(C)c2ccc(O)cc2)O1. The second kappa shape index (κ2) is 5.08. The molecule has 3 heteroatoms. The maximum Gasteiger partial charge on any atom is 0.115 e. The molecule has 3 unspecified atom stereocenters. The molecule has 21 heavy (non-hydrogen) atoms. The van der Waals surface area contributed by atoms with Gasteiger partial charge in [-0.3, -0.25) is 0 Å². The van der Waals surface area contributed by atoms with Crippen LogP contribution in [0.2, 0.25) is 0 Å². The molecule has 0 aromatic heterocycles. The van der Waals surface area contributed by atoms with Gasteiger partial charge in [0.1, 0.15) is 17.1 Å². The molecule has 1 fully saturated rings. The summed E-state index contributed by atoms with van der Waals surface area (Å²) < 4.78 is 6.15. The lowest BCUT2D eigenvalue weighted by atomic mass is 9.71. The normalized spacial score (nSPS) is 26.1. The molecule has 2 N–H and O–H groups in total. The van der Waals surface area contributed by atoms with Crippen molar-refractivity contribution in [1.29, 1.82) is 0 Å². The maximum absolute atomic E-state index is 9.48. The number of phenolic OH excluding ortho intramolecular Hbond substituents is 2. The number of aromatic hydroxyl groups is 2. The van der Waals surface area contributed by atoms with Crippen molar-refractivity contribution in [1.82, 2.24) is 0 Å². The summed E-state index contributed by atoms with van der Waals surface area (Å²) in [5.41, 5.74) is 1.86. The van der Waals surface area contributed by atoms with Crippen LogP contribution in [0.25, 0.3) is 0 Å². The van der Waals surface area contributed by atoms with E-state index in [4.69, 9.17) is 4.74 Å². The van der Waals surface area contributed by atoms with E-state index in [9.17, 15) is 10.2 Å². The number of ether oxygens (including phenoxy) is 1. The monoisotopic (exact) mass is 284 g/mol. The molecule has 1 heterocycles. The number of hydrogen-bond acceptors (Lipinski definition) is 3. The average Bonchev–Trinajstić information content (AvgIpc) is 2.45. The minimum absolute atomic E-state index is 0.166. The Hall–Kier alpha value is -2.00. The fourth-order valence-electron chi connectivity index (χ4n) is 3.27. The molecule has 3 rings (SSSR count). The molecule has 2 aromatic carbocycles. The minimum Gasteiger partial charge on any atom is -0.508 e. The third-order valence-electron chi connectivity index (χ3n) is 4.45. The Bertz CT molecular complexity index is 610. The van der Waals surface area contributed by atoms with E-state index in [1.807, 2.05) is 24.3 Å². The zero-order chi connectivity index (χ0) is 15.0. The molecule has 0 amide bonds. The third kappa shape index (κ3) is 2.38. The Morgan fingerprint density at radius 1 is 1.00 bits per heavy atom. The lowest BCUT2D eigenvalue weighted by Crippen LogP contribution is -2.50. The van der Waals surface area contributed by atoms with Gasteiger partial charge in [0.25, 0.3) is 0 Å². The highest BCUT2D eigenvalue weighted by Crippen LogP contribution is 2.51. The van der Waals surface area contributed by atoms with Crippen LogP contribution >= 0.6 is 0 Å². The van der Waals surface area contributed by atoms with Gasteiger partial charge < -0.3 is 14.9 Å². The Morgan fingerprint density at radius 3 is 1.95 bits per heavy atom. The van der Waals surface area contributed by atoms with Crippen molar-refractivity contribution in [3.05, 3.63) is 59.7 Å². The molecule has 3 atom stereocenters. The highest BCUT2D eigenvalue weighted by molar-refractivity contribution is 5.37. The van der Waals surface area contributed by atoms with Gasteiger partial charge in [0, 0.05) is 12.3 Å². The first-order valence-corrected chi connectivity index (χ1v) is 7.27. The largest absolute Gasteiger partial charge is 0.508 e. The van der Waals surface area contributed by atoms with Gasteiger partial charge in [0.05, 0.1) is 6.10 Å². The van der Waals surface area contributed by atoms with Gasteiger partial charge in [0.2, 0.25) is 0 Å². The van der Waals surface area contributed by atoms with Crippen LogP contribution in [0, 0.1) is 0 Å². The van der Waals surface area contributed by atoms with Crippen molar-refractivity contribution in [3.63, 3.8) is 0 Å². The quantitative estimate of drug-likeness (QED) is 0.898.